The number of halogens is 3. The monoisotopic (exact) mass is 273 g/mol. The zero-order valence-electron chi connectivity index (χ0n) is 10.8. The standard InChI is InChI=1S/C14H18ClF2N/c1-14(2)3-5-18(6-4-14)13-11(16)7-10(9-15)8-12(13)17/h7-8H,3-6,9H2,1-2H3. The number of piperidine rings is 1. The predicted molar refractivity (Wildman–Crippen MR) is 71.1 cm³/mol. The van der Waals surface area contributed by atoms with Crippen LogP contribution in [0.2, 0.25) is 0 Å². The van der Waals surface area contributed by atoms with Gasteiger partial charge in [0.2, 0.25) is 0 Å². The molecule has 2 rings (SSSR count). The van der Waals surface area contributed by atoms with E-state index in [1.807, 2.05) is 0 Å². The molecule has 1 aromatic carbocycles. The van der Waals surface area contributed by atoms with E-state index in [-0.39, 0.29) is 17.0 Å². The zero-order chi connectivity index (χ0) is 13.3. The van der Waals surface area contributed by atoms with Crippen LogP contribution in [0.4, 0.5) is 14.5 Å². The Kier molecular flexibility index (Phi) is 3.81. The highest BCUT2D eigenvalue weighted by Crippen LogP contribution is 2.34. The van der Waals surface area contributed by atoms with Crippen molar-refractivity contribution < 1.29 is 8.78 Å². The third-order valence-electron chi connectivity index (χ3n) is 3.66. The second-order valence-electron chi connectivity index (χ2n) is 5.69. The molecule has 1 fully saturated rings. The molecule has 0 atom stereocenters. The largest absolute Gasteiger partial charge is 0.367 e. The molecular weight excluding hydrogens is 256 g/mol. The van der Waals surface area contributed by atoms with Crippen molar-refractivity contribution in [1.82, 2.24) is 0 Å². The van der Waals surface area contributed by atoms with Crippen molar-refractivity contribution in [3.8, 4) is 0 Å². The summed E-state index contributed by atoms with van der Waals surface area (Å²) in [5.74, 6) is -0.892. The van der Waals surface area contributed by atoms with Gasteiger partial charge >= 0.3 is 0 Å². The molecule has 0 radical (unpaired) electrons. The number of hydrogen-bond acceptors (Lipinski definition) is 1. The lowest BCUT2D eigenvalue weighted by molar-refractivity contribution is 0.278. The van der Waals surface area contributed by atoms with Crippen LogP contribution < -0.4 is 4.90 Å². The van der Waals surface area contributed by atoms with Crippen LogP contribution in [-0.4, -0.2) is 13.1 Å². The van der Waals surface area contributed by atoms with Gasteiger partial charge in [0.15, 0.2) is 0 Å². The third kappa shape index (κ3) is 2.77. The molecule has 1 heterocycles. The summed E-state index contributed by atoms with van der Waals surface area (Å²) in [6.07, 6.45) is 1.90. The Morgan fingerprint density at radius 2 is 1.67 bits per heavy atom. The highest BCUT2D eigenvalue weighted by molar-refractivity contribution is 6.17. The molecule has 0 saturated carbocycles. The maximum Gasteiger partial charge on any atom is 0.149 e. The fourth-order valence-corrected chi connectivity index (χ4v) is 2.49. The average Bonchev–Trinajstić information content (AvgIpc) is 2.30. The Bertz CT molecular complexity index is 412. The normalized spacial score (nSPS) is 19.1. The SMILES string of the molecule is CC1(C)CCN(c2c(F)cc(CCl)cc2F)CC1. The maximum absolute atomic E-state index is 13.9. The van der Waals surface area contributed by atoms with Crippen molar-refractivity contribution in [2.45, 2.75) is 32.6 Å². The molecule has 18 heavy (non-hydrogen) atoms. The first kappa shape index (κ1) is 13.6. The van der Waals surface area contributed by atoms with Crippen molar-refractivity contribution in [3.05, 3.63) is 29.3 Å². The summed E-state index contributed by atoms with van der Waals surface area (Å²) < 4.78 is 27.9. The van der Waals surface area contributed by atoms with Gasteiger partial charge < -0.3 is 4.90 Å². The molecule has 0 amide bonds. The van der Waals surface area contributed by atoms with Crippen molar-refractivity contribution >= 4 is 17.3 Å². The highest BCUT2D eigenvalue weighted by atomic mass is 35.5. The maximum atomic E-state index is 13.9. The van der Waals surface area contributed by atoms with Gasteiger partial charge in [-0.3, -0.25) is 0 Å². The first-order valence-electron chi connectivity index (χ1n) is 6.22. The number of nitrogens with zero attached hydrogens (tertiary/aromatic N) is 1. The molecule has 1 aromatic rings. The number of alkyl halides is 1. The van der Waals surface area contributed by atoms with Gasteiger partial charge in [-0.25, -0.2) is 8.78 Å². The highest BCUT2D eigenvalue weighted by Gasteiger charge is 2.28. The Morgan fingerprint density at radius 1 is 1.17 bits per heavy atom. The van der Waals surface area contributed by atoms with Gasteiger partial charge in [0, 0.05) is 19.0 Å². The third-order valence-corrected chi connectivity index (χ3v) is 3.97. The fraction of sp³-hybridized carbons (Fsp3) is 0.571. The predicted octanol–water partition coefficient (Wildman–Crippen LogP) is 4.33. The molecule has 0 aromatic heterocycles. The number of hydrogen-bond donors (Lipinski definition) is 0. The van der Waals surface area contributed by atoms with Gasteiger partial charge in [-0.2, -0.15) is 0 Å². The molecule has 0 aliphatic carbocycles. The first-order valence-corrected chi connectivity index (χ1v) is 6.75. The molecule has 0 spiro atoms. The second kappa shape index (κ2) is 5.04. The van der Waals surface area contributed by atoms with Gasteiger partial charge in [0.05, 0.1) is 0 Å². The molecule has 1 saturated heterocycles. The van der Waals surface area contributed by atoms with Crippen LogP contribution in [0.3, 0.4) is 0 Å². The van der Waals surface area contributed by atoms with E-state index in [0.717, 1.165) is 12.8 Å². The summed E-state index contributed by atoms with van der Waals surface area (Å²) in [5.41, 5.74) is 0.839. The van der Waals surface area contributed by atoms with Gasteiger partial charge in [-0.15, -0.1) is 11.6 Å². The van der Waals surface area contributed by atoms with E-state index in [0.29, 0.717) is 18.7 Å². The topological polar surface area (TPSA) is 3.24 Å². The Morgan fingerprint density at radius 3 is 2.11 bits per heavy atom. The van der Waals surface area contributed by atoms with E-state index < -0.39 is 11.6 Å². The lowest BCUT2D eigenvalue weighted by atomic mass is 9.82. The molecule has 1 aliphatic rings. The molecular formula is C14H18ClF2N. The van der Waals surface area contributed by atoms with E-state index in [2.05, 4.69) is 13.8 Å². The molecule has 1 nitrogen and oxygen atoms in total. The molecule has 0 N–H and O–H groups in total. The summed E-state index contributed by atoms with van der Waals surface area (Å²) in [4.78, 5) is 1.80. The molecule has 4 heteroatoms. The van der Waals surface area contributed by atoms with Crippen molar-refractivity contribution in [3.63, 3.8) is 0 Å². The van der Waals surface area contributed by atoms with E-state index in [4.69, 9.17) is 11.6 Å². The van der Waals surface area contributed by atoms with Gasteiger partial charge in [-0.1, -0.05) is 13.8 Å². The summed E-state index contributed by atoms with van der Waals surface area (Å²) in [7, 11) is 0. The van der Waals surface area contributed by atoms with E-state index >= 15 is 0 Å². The average molecular weight is 274 g/mol. The van der Waals surface area contributed by atoms with Crippen molar-refractivity contribution in [2.24, 2.45) is 5.41 Å². The first-order chi connectivity index (χ1) is 8.43. The molecule has 0 bridgehead atoms. The molecule has 0 unspecified atom stereocenters. The molecule has 1 aliphatic heterocycles. The van der Waals surface area contributed by atoms with Crippen molar-refractivity contribution in [2.75, 3.05) is 18.0 Å². The Hall–Kier alpha value is -0.830. The lowest BCUT2D eigenvalue weighted by Gasteiger charge is -2.38. The number of anilines is 1. The van der Waals surface area contributed by atoms with Crippen LogP contribution in [-0.2, 0) is 5.88 Å². The van der Waals surface area contributed by atoms with Gasteiger partial charge in [0.25, 0.3) is 0 Å². The van der Waals surface area contributed by atoms with Crippen molar-refractivity contribution in [1.29, 1.82) is 0 Å². The van der Waals surface area contributed by atoms with Gasteiger partial charge in [0.1, 0.15) is 17.3 Å². The number of rotatable bonds is 2. The minimum absolute atomic E-state index is 0.0966. The summed E-state index contributed by atoms with van der Waals surface area (Å²) in [6, 6.07) is 2.65. The fourth-order valence-electron chi connectivity index (χ4n) is 2.33. The van der Waals surface area contributed by atoms with E-state index in [1.54, 1.807) is 4.90 Å². The van der Waals surface area contributed by atoms with Crippen LogP contribution in [0.15, 0.2) is 12.1 Å². The lowest BCUT2D eigenvalue weighted by Crippen LogP contribution is -2.38. The minimum Gasteiger partial charge on any atom is -0.367 e. The quantitative estimate of drug-likeness (QED) is 0.725. The molecule has 100 valence electrons. The van der Waals surface area contributed by atoms with Gasteiger partial charge in [-0.05, 0) is 36.0 Å². The second-order valence-corrected chi connectivity index (χ2v) is 5.96. The summed E-state index contributed by atoms with van der Waals surface area (Å²) in [6.45, 7) is 5.77. The smallest absolute Gasteiger partial charge is 0.149 e. The van der Waals surface area contributed by atoms with E-state index in [1.165, 1.54) is 12.1 Å². The van der Waals surface area contributed by atoms with Crippen LogP contribution in [0.5, 0.6) is 0 Å². The Balaban J connectivity index is 2.24. The number of benzene rings is 1. The summed E-state index contributed by atoms with van der Waals surface area (Å²) in [5, 5.41) is 0. The minimum atomic E-state index is -0.509. The zero-order valence-corrected chi connectivity index (χ0v) is 11.5. The van der Waals surface area contributed by atoms with Crippen LogP contribution in [0, 0.1) is 17.0 Å². The Labute approximate surface area is 112 Å². The van der Waals surface area contributed by atoms with E-state index in [9.17, 15) is 8.78 Å². The van der Waals surface area contributed by atoms with Crippen LogP contribution >= 0.6 is 11.6 Å². The van der Waals surface area contributed by atoms with Crippen LogP contribution in [0.1, 0.15) is 32.3 Å². The summed E-state index contributed by atoms with van der Waals surface area (Å²) >= 11 is 5.60. The van der Waals surface area contributed by atoms with Crippen LogP contribution in [0.25, 0.3) is 0 Å².